The molecule has 0 unspecified atom stereocenters. The molecule has 0 bridgehead atoms. The number of hydrogen-bond donors (Lipinski definition) is 1. The highest BCUT2D eigenvalue weighted by Crippen LogP contribution is 2.42. The van der Waals surface area contributed by atoms with Crippen molar-refractivity contribution in [2.24, 2.45) is 0 Å². The number of nitrogens with two attached hydrogens (primary N) is 1. The first-order valence-corrected chi connectivity index (χ1v) is 8.61. The third-order valence-corrected chi connectivity index (χ3v) is 4.91. The van der Waals surface area contributed by atoms with Crippen molar-refractivity contribution in [2.75, 3.05) is 10.6 Å². The molecule has 26 heavy (non-hydrogen) atoms. The predicted octanol–water partition coefficient (Wildman–Crippen LogP) is 3.46. The van der Waals surface area contributed by atoms with Crippen LogP contribution in [0.1, 0.15) is 35.3 Å². The Hall–Kier alpha value is -2.86. The lowest BCUT2D eigenvalue weighted by Crippen LogP contribution is -2.39. The summed E-state index contributed by atoms with van der Waals surface area (Å²) >= 11 is 6.15. The van der Waals surface area contributed by atoms with Gasteiger partial charge in [-0.1, -0.05) is 11.6 Å². The number of nitrogens with zero attached hydrogens (tertiary/aromatic N) is 4. The maximum atomic E-state index is 13.0. The standard InChI is InChI=1S/C19H18ClN5O/c1-19(2)16-8-13(20)3-4-15(16)18(26)25(19)14-7-12(9-22-10-14)11-24-6-5-17(21)23-24/h3-10H,11H2,1-2H3,(H2,21,23). The Kier molecular flexibility index (Phi) is 3.73. The van der Waals surface area contributed by atoms with Gasteiger partial charge in [0, 0.05) is 23.0 Å². The van der Waals surface area contributed by atoms with E-state index < -0.39 is 5.54 Å². The smallest absolute Gasteiger partial charge is 0.259 e. The molecule has 0 radical (unpaired) electrons. The van der Waals surface area contributed by atoms with E-state index in [9.17, 15) is 4.79 Å². The number of carbonyl (C=O) groups excluding carboxylic acids is 1. The molecule has 1 aliphatic rings. The molecule has 3 aromatic rings. The van der Waals surface area contributed by atoms with Gasteiger partial charge < -0.3 is 5.73 Å². The molecule has 1 amide bonds. The van der Waals surface area contributed by atoms with E-state index in [-0.39, 0.29) is 5.91 Å². The summed E-state index contributed by atoms with van der Waals surface area (Å²) in [4.78, 5) is 19.1. The van der Waals surface area contributed by atoms with Crippen molar-refractivity contribution in [1.82, 2.24) is 14.8 Å². The monoisotopic (exact) mass is 367 g/mol. The highest BCUT2D eigenvalue weighted by atomic mass is 35.5. The topological polar surface area (TPSA) is 77.0 Å². The minimum atomic E-state index is -0.520. The molecule has 0 aliphatic carbocycles. The van der Waals surface area contributed by atoms with Crippen molar-refractivity contribution in [3.8, 4) is 0 Å². The van der Waals surface area contributed by atoms with Gasteiger partial charge in [0.05, 0.1) is 24.0 Å². The number of anilines is 2. The molecule has 132 valence electrons. The molecule has 1 aliphatic heterocycles. The molecule has 0 spiro atoms. The Labute approximate surface area is 156 Å². The summed E-state index contributed by atoms with van der Waals surface area (Å²) in [6.07, 6.45) is 5.28. The number of fused-ring (bicyclic) bond motifs is 1. The number of hydrogen-bond acceptors (Lipinski definition) is 4. The first-order valence-electron chi connectivity index (χ1n) is 8.24. The van der Waals surface area contributed by atoms with Crippen molar-refractivity contribution in [1.29, 1.82) is 0 Å². The molecule has 0 saturated heterocycles. The van der Waals surface area contributed by atoms with Crippen LogP contribution in [0.2, 0.25) is 5.02 Å². The fourth-order valence-corrected chi connectivity index (χ4v) is 3.65. The van der Waals surface area contributed by atoms with Gasteiger partial charge in [0.2, 0.25) is 0 Å². The number of aromatic nitrogens is 3. The number of amides is 1. The van der Waals surface area contributed by atoms with E-state index in [2.05, 4.69) is 10.1 Å². The Morgan fingerprint density at radius 1 is 1.19 bits per heavy atom. The predicted molar refractivity (Wildman–Crippen MR) is 101 cm³/mol. The second kappa shape index (κ2) is 5.85. The molecule has 3 heterocycles. The van der Waals surface area contributed by atoms with Crippen LogP contribution >= 0.6 is 11.6 Å². The minimum Gasteiger partial charge on any atom is -0.382 e. The molecule has 7 heteroatoms. The van der Waals surface area contributed by atoms with Gasteiger partial charge in [-0.05, 0) is 55.3 Å². The summed E-state index contributed by atoms with van der Waals surface area (Å²) in [5.41, 5.74) is 8.41. The van der Waals surface area contributed by atoms with Crippen LogP contribution in [0, 0.1) is 0 Å². The van der Waals surface area contributed by atoms with Crippen molar-refractivity contribution in [3.63, 3.8) is 0 Å². The zero-order valence-corrected chi connectivity index (χ0v) is 15.2. The van der Waals surface area contributed by atoms with Gasteiger partial charge >= 0.3 is 0 Å². The lowest BCUT2D eigenvalue weighted by Gasteiger charge is -2.32. The zero-order chi connectivity index (χ0) is 18.5. The van der Waals surface area contributed by atoms with Crippen LogP contribution < -0.4 is 10.6 Å². The first-order chi connectivity index (χ1) is 12.4. The third kappa shape index (κ3) is 2.63. The van der Waals surface area contributed by atoms with E-state index >= 15 is 0 Å². The summed E-state index contributed by atoms with van der Waals surface area (Å²) in [5.74, 6) is 0.418. The average molecular weight is 368 g/mol. The molecule has 0 fully saturated rings. The number of carbonyl (C=O) groups is 1. The minimum absolute atomic E-state index is 0.0519. The summed E-state index contributed by atoms with van der Waals surface area (Å²) in [6, 6.07) is 9.08. The molecular weight excluding hydrogens is 350 g/mol. The summed E-state index contributed by atoms with van der Waals surface area (Å²) in [6.45, 7) is 4.54. The molecule has 0 atom stereocenters. The van der Waals surface area contributed by atoms with Crippen LogP contribution in [-0.2, 0) is 12.1 Å². The molecule has 1 aromatic carbocycles. The fraction of sp³-hybridized carbons (Fsp3) is 0.211. The first kappa shape index (κ1) is 16.6. The van der Waals surface area contributed by atoms with Crippen molar-refractivity contribution in [2.45, 2.75) is 25.9 Å². The molecule has 2 aromatic heterocycles. The van der Waals surface area contributed by atoms with Gasteiger partial charge in [0.15, 0.2) is 0 Å². The second-order valence-electron chi connectivity index (χ2n) is 6.88. The maximum absolute atomic E-state index is 13.0. The molecule has 6 nitrogen and oxygen atoms in total. The van der Waals surface area contributed by atoms with E-state index in [1.807, 2.05) is 32.2 Å². The third-order valence-electron chi connectivity index (χ3n) is 4.68. The van der Waals surface area contributed by atoms with E-state index in [0.717, 1.165) is 16.8 Å². The van der Waals surface area contributed by atoms with E-state index in [1.165, 1.54) is 0 Å². The summed E-state index contributed by atoms with van der Waals surface area (Å²) < 4.78 is 1.74. The Balaban J connectivity index is 1.72. The quantitative estimate of drug-likeness (QED) is 0.769. The SMILES string of the molecule is CC1(C)c2cc(Cl)ccc2C(=O)N1c1cncc(Cn2ccc(N)n2)c1. The average Bonchev–Trinajstić information content (AvgIpc) is 3.07. The van der Waals surface area contributed by atoms with Crippen molar-refractivity contribution >= 4 is 29.0 Å². The molecular formula is C19H18ClN5O. The van der Waals surface area contributed by atoms with Crippen LogP contribution in [0.3, 0.4) is 0 Å². The molecule has 4 rings (SSSR count). The Bertz CT molecular complexity index is 1010. The van der Waals surface area contributed by atoms with Crippen LogP contribution in [-0.4, -0.2) is 20.7 Å². The van der Waals surface area contributed by atoms with Gasteiger partial charge in [-0.2, -0.15) is 5.10 Å². The lowest BCUT2D eigenvalue weighted by atomic mass is 9.93. The van der Waals surface area contributed by atoms with Crippen LogP contribution in [0.25, 0.3) is 0 Å². The van der Waals surface area contributed by atoms with Crippen LogP contribution in [0.15, 0.2) is 48.9 Å². The Morgan fingerprint density at radius 3 is 2.73 bits per heavy atom. The van der Waals surface area contributed by atoms with Crippen LogP contribution in [0.5, 0.6) is 0 Å². The molecule has 2 N–H and O–H groups in total. The fourth-order valence-electron chi connectivity index (χ4n) is 3.48. The van der Waals surface area contributed by atoms with Gasteiger partial charge in [0.1, 0.15) is 5.82 Å². The maximum Gasteiger partial charge on any atom is 0.259 e. The molecule has 0 saturated carbocycles. The Morgan fingerprint density at radius 2 is 2.00 bits per heavy atom. The number of pyridine rings is 1. The number of benzene rings is 1. The van der Waals surface area contributed by atoms with E-state index in [1.54, 1.807) is 40.2 Å². The number of halogens is 1. The largest absolute Gasteiger partial charge is 0.382 e. The number of nitrogen functional groups attached to an aromatic ring is 1. The zero-order valence-electron chi connectivity index (χ0n) is 14.5. The van der Waals surface area contributed by atoms with Gasteiger partial charge in [-0.15, -0.1) is 0 Å². The highest BCUT2D eigenvalue weighted by Gasteiger charge is 2.44. The van der Waals surface area contributed by atoms with Gasteiger partial charge in [0.25, 0.3) is 5.91 Å². The summed E-state index contributed by atoms with van der Waals surface area (Å²) in [5, 5.41) is 4.81. The normalized spacial score (nSPS) is 15.3. The van der Waals surface area contributed by atoms with Crippen molar-refractivity contribution < 1.29 is 4.79 Å². The van der Waals surface area contributed by atoms with Gasteiger partial charge in [-0.3, -0.25) is 19.4 Å². The van der Waals surface area contributed by atoms with E-state index in [4.69, 9.17) is 17.3 Å². The highest BCUT2D eigenvalue weighted by molar-refractivity contribution is 6.31. The van der Waals surface area contributed by atoms with Crippen molar-refractivity contribution in [3.05, 3.63) is 70.6 Å². The van der Waals surface area contributed by atoms with Gasteiger partial charge in [-0.25, -0.2) is 0 Å². The van der Waals surface area contributed by atoms with Crippen LogP contribution in [0.4, 0.5) is 11.5 Å². The number of rotatable bonds is 3. The second-order valence-corrected chi connectivity index (χ2v) is 7.32. The van der Waals surface area contributed by atoms with E-state index in [0.29, 0.717) is 22.9 Å². The summed E-state index contributed by atoms with van der Waals surface area (Å²) in [7, 11) is 0. The lowest BCUT2D eigenvalue weighted by molar-refractivity contribution is 0.0982.